The van der Waals surface area contributed by atoms with Gasteiger partial charge >= 0.3 is 5.97 Å². The molecule has 0 bridgehead atoms. The minimum Gasteiger partial charge on any atom is -0.452 e. The molecule has 0 aliphatic carbocycles. The van der Waals surface area contributed by atoms with E-state index in [1.54, 1.807) is 12.1 Å². The molecule has 2 rings (SSSR count). The molecule has 4 nitrogen and oxygen atoms in total. The molecule has 0 radical (unpaired) electrons. The summed E-state index contributed by atoms with van der Waals surface area (Å²) in [5, 5.41) is 2.84. The van der Waals surface area contributed by atoms with Gasteiger partial charge in [-0.05, 0) is 47.6 Å². The minimum absolute atomic E-state index is 0.306. The van der Waals surface area contributed by atoms with Gasteiger partial charge in [0.25, 0.3) is 5.91 Å². The van der Waals surface area contributed by atoms with Gasteiger partial charge in [-0.15, -0.1) is 0 Å². The smallest absolute Gasteiger partial charge is 0.338 e. The third-order valence-corrected chi connectivity index (χ3v) is 4.53. The number of nitrogens with one attached hydrogen (secondary N) is 1. The van der Waals surface area contributed by atoms with Crippen LogP contribution in [0.15, 0.2) is 48.5 Å². The Labute approximate surface area is 155 Å². The van der Waals surface area contributed by atoms with Gasteiger partial charge in [-0.2, -0.15) is 0 Å². The summed E-state index contributed by atoms with van der Waals surface area (Å²) in [5.74, 6) is -0.0940. The van der Waals surface area contributed by atoms with Crippen molar-refractivity contribution < 1.29 is 14.3 Å². The van der Waals surface area contributed by atoms with Gasteiger partial charge in [0.1, 0.15) is 0 Å². The predicted molar refractivity (Wildman–Crippen MR) is 105 cm³/mol. The van der Waals surface area contributed by atoms with Crippen molar-refractivity contribution >= 4 is 17.6 Å². The van der Waals surface area contributed by atoms with Crippen molar-refractivity contribution in [2.75, 3.05) is 11.9 Å². The number of ether oxygens (including phenoxy) is 1. The van der Waals surface area contributed by atoms with Gasteiger partial charge in [0.05, 0.1) is 5.56 Å². The first-order chi connectivity index (χ1) is 12.4. The molecule has 0 aliphatic heterocycles. The second-order valence-corrected chi connectivity index (χ2v) is 6.80. The van der Waals surface area contributed by atoms with Crippen LogP contribution in [0.25, 0.3) is 0 Å². The molecule has 0 aliphatic rings. The molecule has 0 unspecified atom stereocenters. The zero-order valence-corrected chi connectivity index (χ0v) is 15.9. The van der Waals surface area contributed by atoms with Crippen LogP contribution in [0, 0.1) is 0 Å². The van der Waals surface area contributed by atoms with Crippen LogP contribution in [0.1, 0.15) is 67.4 Å². The van der Waals surface area contributed by atoms with E-state index in [0.29, 0.717) is 17.4 Å². The Hall–Kier alpha value is -2.62. The van der Waals surface area contributed by atoms with Crippen molar-refractivity contribution in [3.63, 3.8) is 0 Å². The van der Waals surface area contributed by atoms with Gasteiger partial charge in [-0.1, -0.05) is 58.0 Å². The van der Waals surface area contributed by atoms with E-state index in [2.05, 4.69) is 33.0 Å². The lowest BCUT2D eigenvalue weighted by Crippen LogP contribution is -2.21. The first-order valence-electron chi connectivity index (χ1n) is 9.08. The van der Waals surface area contributed by atoms with Crippen LogP contribution in [0.3, 0.4) is 0 Å². The van der Waals surface area contributed by atoms with Gasteiger partial charge in [0.15, 0.2) is 6.61 Å². The molecule has 138 valence electrons. The molecule has 1 amide bonds. The van der Waals surface area contributed by atoms with Crippen LogP contribution >= 0.6 is 0 Å². The third kappa shape index (κ3) is 5.19. The average molecular weight is 353 g/mol. The summed E-state index contributed by atoms with van der Waals surface area (Å²) < 4.78 is 5.14. The number of hydrogen-bond donors (Lipinski definition) is 1. The molecule has 2 aromatic rings. The van der Waals surface area contributed by atoms with Crippen molar-refractivity contribution in [2.24, 2.45) is 0 Å². The van der Waals surface area contributed by atoms with E-state index in [1.165, 1.54) is 0 Å². The van der Waals surface area contributed by atoms with Gasteiger partial charge in [-0.3, -0.25) is 4.79 Å². The number of hydrogen-bond acceptors (Lipinski definition) is 3. The number of benzene rings is 2. The summed E-state index contributed by atoms with van der Waals surface area (Å²) in [5.41, 5.74) is 3.45. The predicted octanol–water partition coefficient (Wildman–Crippen LogP) is 5.12. The maximum absolute atomic E-state index is 12.2. The fourth-order valence-corrected chi connectivity index (χ4v) is 2.67. The number of carbonyl (C=O) groups is 2. The maximum Gasteiger partial charge on any atom is 0.338 e. The number of esters is 1. The maximum atomic E-state index is 12.2. The molecule has 0 spiro atoms. The lowest BCUT2D eigenvalue weighted by molar-refractivity contribution is -0.119. The second-order valence-electron chi connectivity index (χ2n) is 6.80. The lowest BCUT2D eigenvalue weighted by Gasteiger charge is -2.15. The van der Waals surface area contributed by atoms with Crippen molar-refractivity contribution in [2.45, 2.75) is 46.0 Å². The quantitative estimate of drug-likeness (QED) is 0.703. The molecule has 0 fully saturated rings. The van der Waals surface area contributed by atoms with E-state index in [9.17, 15) is 9.59 Å². The van der Waals surface area contributed by atoms with Gasteiger partial charge < -0.3 is 10.1 Å². The fraction of sp³-hybridized carbons (Fsp3) is 0.364. The van der Waals surface area contributed by atoms with Crippen molar-refractivity contribution in [3.8, 4) is 0 Å². The fourth-order valence-electron chi connectivity index (χ4n) is 2.67. The van der Waals surface area contributed by atoms with Crippen LogP contribution < -0.4 is 5.32 Å². The highest BCUT2D eigenvalue weighted by atomic mass is 16.5. The first kappa shape index (κ1) is 19.7. The Morgan fingerprint density at radius 1 is 1.00 bits per heavy atom. The summed E-state index contributed by atoms with van der Waals surface area (Å²) >= 11 is 0. The summed E-state index contributed by atoms with van der Waals surface area (Å²) in [6.45, 7) is 8.10. The summed E-state index contributed by atoms with van der Waals surface area (Å²) in [4.78, 5) is 24.3. The van der Waals surface area contributed by atoms with E-state index < -0.39 is 5.97 Å². The zero-order valence-electron chi connectivity index (χ0n) is 15.9. The van der Waals surface area contributed by atoms with Crippen molar-refractivity contribution in [3.05, 3.63) is 65.2 Å². The van der Waals surface area contributed by atoms with Crippen LogP contribution in [-0.4, -0.2) is 18.5 Å². The van der Waals surface area contributed by atoms with Crippen LogP contribution in [-0.2, 0) is 9.53 Å². The molecule has 0 saturated carbocycles. The second kappa shape index (κ2) is 9.18. The van der Waals surface area contributed by atoms with Gasteiger partial charge in [-0.25, -0.2) is 4.79 Å². The van der Waals surface area contributed by atoms with Crippen LogP contribution in [0.4, 0.5) is 5.69 Å². The zero-order chi connectivity index (χ0) is 19.1. The Balaban J connectivity index is 1.94. The van der Waals surface area contributed by atoms with E-state index in [4.69, 9.17) is 4.74 Å². The van der Waals surface area contributed by atoms with E-state index in [-0.39, 0.29) is 12.5 Å². The topological polar surface area (TPSA) is 55.4 Å². The number of anilines is 1. The van der Waals surface area contributed by atoms with Gasteiger partial charge in [0.2, 0.25) is 0 Å². The molecule has 26 heavy (non-hydrogen) atoms. The highest BCUT2D eigenvalue weighted by Gasteiger charge is 2.14. The molecule has 1 N–H and O–H groups in total. The van der Waals surface area contributed by atoms with Crippen molar-refractivity contribution in [1.29, 1.82) is 0 Å². The van der Waals surface area contributed by atoms with Crippen LogP contribution in [0.2, 0.25) is 0 Å². The lowest BCUT2D eigenvalue weighted by atomic mass is 9.97. The Kier molecular flexibility index (Phi) is 6.96. The largest absolute Gasteiger partial charge is 0.452 e. The highest BCUT2D eigenvalue weighted by Crippen LogP contribution is 2.26. The molecule has 4 heteroatoms. The molecular formula is C22H27NO3. The van der Waals surface area contributed by atoms with E-state index in [1.807, 2.05) is 36.4 Å². The molecule has 0 saturated heterocycles. The Bertz CT molecular complexity index is 750. The van der Waals surface area contributed by atoms with E-state index in [0.717, 1.165) is 23.2 Å². The van der Waals surface area contributed by atoms with Gasteiger partial charge in [0, 0.05) is 5.69 Å². The monoisotopic (exact) mass is 353 g/mol. The average Bonchev–Trinajstić information content (AvgIpc) is 2.66. The summed E-state index contributed by atoms with van der Waals surface area (Å²) in [7, 11) is 0. The third-order valence-electron chi connectivity index (χ3n) is 4.53. The summed E-state index contributed by atoms with van der Waals surface area (Å²) in [6.07, 6.45) is 0.980. The molecule has 1 atom stereocenters. The minimum atomic E-state index is -0.495. The molecule has 2 aromatic carbocycles. The number of para-hydroxylation sites is 1. The number of amides is 1. The van der Waals surface area contributed by atoms with Crippen molar-refractivity contribution in [1.82, 2.24) is 0 Å². The highest BCUT2D eigenvalue weighted by molar-refractivity contribution is 5.96. The molecule has 0 aromatic heterocycles. The van der Waals surface area contributed by atoms with E-state index >= 15 is 0 Å². The summed E-state index contributed by atoms with van der Waals surface area (Å²) in [6, 6.07) is 15.0. The number of rotatable bonds is 7. The first-order valence-corrected chi connectivity index (χ1v) is 9.08. The van der Waals surface area contributed by atoms with Crippen LogP contribution in [0.5, 0.6) is 0 Å². The SMILES string of the molecule is CC[C@H](C)c1ccccc1NC(=O)COC(=O)c1ccc(C(C)C)cc1. The Morgan fingerprint density at radius 2 is 1.65 bits per heavy atom. The molecular weight excluding hydrogens is 326 g/mol. The molecule has 0 heterocycles. The normalized spacial score (nSPS) is 11.9. The Morgan fingerprint density at radius 3 is 2.27 bits per heavy atom. The number of carbonyl (C=O) groups excluding carboxylic acids is 2. The standard InChI is InChI=1S/C22H27NO3/c1-5-16(4)19-8-6-7-9-20(19)23-21(24)14-26-22(25)18-12-10-17(11-13-18)15(2)3/h6-13,15-16H,5,14H2,1-4H3,(H,23,24)/t16-/m0/s1.